The highest BCUT2D eigenvalue weighted by molar-refractivity contribution is 5.93. The molecule has 4 nitrogen and oxygen atoms in total. The number of halogens is 3. The molecule has 0 bridgehead atoms. The van der Waals surface area contributed by atoms with Gasteiger partial charge in [-0.3, -0.25) is 4.79 Å². The number of alkyl halides is 3. The summed E-state index contributed by atoms with van der Waals surface area (Å²) in [6.07, 6.45) is -1.47. The number of aryl methyl sites for hydroxylation is 1. The Balaban J connectivity index is 2.29. The van der Waals surface area contributed by atoms with Gasteiger partial charge in [0.05, 0.1) is 12.8 Å². The molecule has 7 heteroatoms. The van der Waals surface area contributed by atoms with Gasteiger partial charge in [-0.05, 0) is 37.3 Å². The molecule has 1 aliphatic rings. The maximum Gasteiger partial charge on any atom is 0.406 e. The fraction of sp³-hybridized carbons (Fsp3) is 0.625. The van der Waals surface area contributed by atoms with Crippen LogP contribution in [0.15, 0.2) is 12.3 Å². The van der Waals surface area contributed by atoms with Crippen molar-refractivity contribution in [2.45, 2.75) is 45.8 Å². The Labute approximate surface area is 133 Å². The minimum atomic E-state index is -4.45. The number of amides is 1. The maximum absolute atomic E-state index is 12.8. The second-order valence-electron chi connectivity index (χ2n) is 6.16. The summed E-state index contributed by atoms with van der Waals surface area (Å²) < 4.78 is 44.0. The number of aromatic nitrogens is 1. The molecule has 1 aromatic rings. The lowest BCUT2D eigenvalue weighted by atomic mass is 10.0. The van der Waals surface area contributed by atoms with Crippen LogP contribution in [-0.4, -0.2) is 41.2 Å². The van der Waals surface area contributed by atoms with Gasteiger partial charge < -0.3 is 9.64 Å². The molecular formula is C16H21F3N2O2. The maximum atomic E-state index is 12.8. The van der Waals surface area contributed by atoms with Crippen molar-refractivity contribution in [2.75, 3.05) is 13.2 Å². The zero-order valence-electron chi connectivity index (χ0n) is 13.5. The van der Waals surface area contributed by atoms with Crippen LogP contribution in [0.25, 0.3) is 0 Å². The summed E-state index contributed by atoms with van der Waals surface area (Å²) in [5, 5.41) is 0. The number of carbonyl (C=O) groups is 1. The van der Waals surface area contributed by atoms with E-state index in [-0.39, 0.29) is 11.6 Å². The van der Waals surface area contributed by atoms with Crippen LogP contribution in [0.2, 0.25) is 0 Å². The van der Waals surface area contributed by atoms with Crippen LogP contribution in [0.5, 0.6) is 5.75 Å². The molecule has 128 valence electrons. The van der Waals surface area contributed by atoms with Crippen LogP contribution >= 0.6 is 0 Å². The summed E-state index contributed by atoms with van der Waals surface area (Å²) in [6.45, 7) is 4.51. The third-order valence-corrected chi connectivity index (χ3v) is 4.08. The molecule has 1 atom stereocenters. The Morgan fingerprint density at radius 1 is 1.39 bits per heavy atom. The molecule has 1 unspecified atom stereocenters. The molecular weight excluding hydrogens is 309 g/mol. The fourth-order valence-corrected chi connectivity index (χ4v) is 2.47. The second-order valence-corrected chi connectivity index (χ2v) is 6.16. The molecule has 0 spiro atoms. The van der Waals surface area contributed by atoms with Crippen molar-refractivity contribution in [2.24, 2.45) is 5.92 Å². The molecule has 2 rings (SSSR count). The van der Waals surface area contributed by atoms with Crippen LogP contribution < -0.4 is 4.74 Å². The number of hydrogen-bond donors (Lipinski definition) is 0. The van der Waals surface area contributed by atoms with Crippen molar-refractivity contribution in [1.29, 1.82) is 0 Å². The Kier molecular flexibility index (Phi) is 5.16. The number of carbonyl (C=O) groups excluding carboxylic acids is 1. The van der Waals surface area contributed by atoms with Gasteiger partial charge in [0.25, 0.3) is 5.91 Å². The molecule has 0 saturated carbocycles. The number of ether oxygens (including phenoxy) is 1. The first-order valence-electron chi connectivity index (χ1n) is 7.68. The summed E-state index contributed by atoms with van der Waals surface area (Å²) in [7, 11) is 0. The largest absolute Gasteiger partial charge is 0.492 e. The Morgan fingerprint density at radius 2 is 2.09 bits per heavy atom. The molecule has 0 fully saturated rings. The van der Waals surface area contributed by atoms with Gasteiger partial charge in [-0.1, -0.05) is 13.8 Å². The molecule has 1 aliphatic heterocycles. The molecule has 0 aliphatic carbocycles. The van der Waals surface area contributed by atoms with E-state index in [0.29, 0.717) is 12.4 Å². The van der Waals surface area contributed by atoms with E-state index in [0.717, 1.165) is 23.3 Å². The summed E-state index contributed by atoms with van der Waals surface area (Å²) >= 11 is 0. The standard InChI is InChI=1S/C16H21F3N2O2/c1-10(2)11(3)21(9-16(17,18)19)15(22)13-7-12-5-4-6-23-14(12)8-20-13/h7-8,10-11H,4-6,9H2,1-3H3. The number of rotatable bonds is 4. The zero-order valence-corrected chi connectivity index (χ0v) is 13.5. The lowest BCUT2D eigenvalue weighted by molar-refractivity contribution is -0.145. The second kappa shape index (κ2) is 6.76. The van der Waals surface area contributed by atoms with Crippen molar-refractivity contribution < 1.29 is 22.7 Å². The minimum absolute atomic E-state index is 0.0333. The Morgan fingerprint density at radius 3 is 2.70 bits per heavy atom. The summed E-state index contributed by atoms with van der Waals surface area (Å²) in [5.41, 5.74) is 0.852. The first-order chi connectivity index (χ1) is 10.7. The van der Waals surface area contributed by atoms with E-state index in [4.69, 9.17) is 4.74 Å². The first kappa shape index (κ1) is 17.6. The number of pyridine rings is 1. The van der Waals surface area contributed by atoms with Crippen LogP contribution in [0.4, 0.5) is 13.2 Å². The van der Waals surface area contributed by atoms with Crippen molar-refractivity contribution in [1.82, 2.24) is 9.88 Å². The molecule has 0 radical (unpaired) electrons. The zero-order chi connectivity index (χ0) is 17.2. The van der Waals surface area contributed by atoms with Crippen LogP contribution in [0.1, 0.15) is 43.2 Å². The van der Waals surface area contributed by atoms with Gasteiger partial charge in [0, 0.05) is 6.04 Å². The van der Waals surface area contributed by atoms with Crippen molar-refractivity contribution in [3.63, 3.8) is 0 Å². The Hall–Kier alpha value is -1.79. The van der Waals surface area contributed by atoms with Crippen molar-refractivity contribution in [3.8, 4) is 5.75 Å². The average Bonchev–Trinajstić information content (AvgIpc) is 2.49. The van der Waals surface area contributed by atoms with Crippen molar-refractivity contribution in [3.05, 3.63) is 23.5 Å². The highest BCUT2D eigenvalue weighted by Gasteiger charge is 2.37. The van der Waals surface area contributed by atoms with Gasteiger partial charge in [0.15, 0.2) is 0 Å². The first-order valence-corrected chi connectivity index (χ1v) is 7.68. The smallest absolute Gasteiger partial charge is 0.406 e. The van der Waals surface area contributed by atoms with E-state index in [9.17, 15) is 18.0 Å². The average molecular weight is 330 g/mol. The van der Waals surface area contributed by atoms with E-state index in [1.165, 1.54) is 6.20 Å². The third kappa shape index (κ3) is 4.36. The topological polar surface area (TPSA) is 42.4 Å². The van der Waals surface area contributed by atoms with Gasteiger partial charge in [-0.15, -0.1) is 0 Å². The highest BCUT2D eigenvalue weighted by Crippen LogP contribution is 2.26. The minimum Gasteiger partial charge on any atom is -0.492 e. The normalized spacial score (nSPS) is 15.8. The molecule has 23 heavy (non-hydrogen) atoms. The lowest BCUT2D eigenvalue weighted by Crippen LogP contribution is -2.46. The number of fused-ring (bicyclic) bond motifs is 1. The van der Waals surface area contributed by atoms with E-state index >= 15 is 0 Å². The van der Waals surface area contributed by atoms with Crippen molar-refractivity contribution >= 4 is 5.91 Å². The molecule has 2 heterocycles. The number of hydrogen-bond acceptors (Lipinski definition) is 3. The van der Waals surface area contributed by atoms with E-state index in [1.54, 1.807) is 26.8 Å². The molecule has 0 aromatic carbocycles. The van der Waals surface area contributed by atoms with Crippen LogP contribution in [0, 0.1) is 5.92 Å². The summed E-state index contributed by atoms with van der Waals surface area (Å²) in [5.74, 6) is -0.189. The quantitative estimate of drug-likeness (QED) is 0.849. The fourth-order valence-electron chi connectivity index (χ4n) is 2.47. The van der Waals surface area contributed by atoms with E-state index < -0.39 is 24.7 Å². The third-order valence-electron chi connectivity index (χ3n) is 4.08. The SMILES string of the molecule is CC(C)C(C)N(CC(F)(F)F)C(=O)c1cc2c(cn1)OCCC2. The van der Waals surface area contributed by atoms with Crippen LogP contribution in [-0.2, 0) is 6.42 Å². The molecule has 1 amide bonds. The van der Waals surface area contributed by atoms with E-state index in [2.05, 4.69) is 4.98 Å². The predicted molar refractivity (Wildman–Crippen MR) is 79.4 cm³/mol. The highest BCUT2D eigenvalue weighted by atomic mass is 19.4. The molecule has 0 N–H and O–H groups in total. The van der Waals surface area contributed by atoms with Gasteiger partial charge in [0.2, 0.25) is 0 Å². The van der Waals surface area contributed by atoms with Gasteiger partial charge in [-0.2, -0.15) is 13.2 Å². The molecule has 1 aromatic heterocycles. The van der Waals surface area contributed by atoms with Gasteiger partial charge in [0.1, 0.15) is 18.0 Å². The number of nitrogens with zero attached hydrogens (tertiary/aromatic N) is 2. The van der Waals surface area contributed by atoms with Crippen LogP contribution in [0.3, 0.4) is 0 Å². The summed E-state index contributed by atoms with van der Waals surface area (Å²) in [6, 6.07) is 1.01. The lowest BCUT2D eigenvalue weighted by Gasteiger charge is -2.32. The van der Waals surface area contributed by atoms with Gasteiger partial charge in [-0.25, -0.2) is 4.98 Å². The predicted octanol–water partition coefficient (Wildman–Crippen LogP) is 3.46. The molecule has 0 saturated heterocycles. The monoisotopic (exact) mass is 330 g/mol. The van der Waals surface area contributed by atoms with E-state index in [1.807, 2.05) is 0 Å². The Bertz CT molecular complexity index is 573. The van der Waals surface area contributed by atoms with Gasteiger partial charge >= 0.3 is 6.18 Å². The summed E-state index contributed by atoms with van der Waals surface area (Å²) in [4.78, 5) is 17.4.